The van der Waals surface area contributed by atoms with E-state index in [1.54, 1.807) is 0 Å². The van der Waals surface area contributed by atoms with Crippen molar-refractivity contribution in [2.45, 2.75) is 0 Å². The number of hydrogen-bond acceptors (Lipinski definition) is 0. The van der Waals surface area contributed by atoms with Gasteiger partial charge in [-0.15, -0.1) is 22.9 Å². The Kier molecular flexibility index (Phi) is 15.8. The van der Waals surface area contributed by atoms with E-state index in [-0.39, 0.29) is 0 Å². The molecular weight excluding hydrogens is 1110 g/mol. The monoisotopic (exact) mass is 1160 g/mol. The molecule has 0 N–H and O–H groups in total. The summed E-state index contributed by atoms with van der Waals surface area (Å²) in [6.45, 7) is 0. The minimum absolute atomic E-state index is 0.952. The molecule has 0 aliphatic heterocycles. The van der Waals surface area contributed by atoms with Gasteiger partial charge in [-0.2, -0.15) is 0 Å². The summed E-state index contributed by atoms with van der Waals surface area (Å²) in [6.07, 6.45) is 0. The summed E-state index contributed by atoms with van der Waals surface area (Å²) in [5, 5.41) is 10.3. The molecule has 0 heterocycles. The smallest absolute Gasteiger partial charge is 0.0413 e. The van der Waals surface area contributed by atoms with Gasteiger partial charge in [0, 0.05) is 75.1 Å². The highest BCUT2D eigenvalue weighted by Crippen LogP contribution is 2.31. The lowest BCUT2D eigenvalue weighted by Gasteiger charge is -2.22. The lowest BCUT2D eigenvalue weighted by molar-refractivity contribution is 1.44. The first-order valence-corrected chi connectivity index (χ1v) is 31.4. The molecule has 0 aliphatic rings. The van der Waals surface area contributed by atoms with Crippen LogP contribution in [0.1, 0.15) is 66.8 Å². The number of hydrogen-bond donors (Lipinski definition) is 0. The van der Waals surface area contributed by atoms with Crippen molar-refractivity contribution >= 4 is 77.9 Å². The van der Waals surface area contributed by atoms with Crippen LogP contribution >= 0.6 is 0 Å². The van der Waals surface area contributed by atoms with Gasteiger partial charge in [-0.25, -0.2) is 0 Å². The van der Waals surface area contributed by atoms with E-state index in [4.69, 9.17) is 0 Å². The normalized spacial score (nSPS) is 10.9. The Bertz CT molecular complexity index is 4780. The van der Waals surface area contributed by atoms with Crippen LogP contribution in [0.25, 0.3) is 77.9 Å². The third kappa shape index (κ3) is 11.0. The van der Waals surface area contributed by atoms with Gasteiger partial charge < -0.3 is 0 Å². The van der Waals surface area contributed by atoms with Crippen LogP contribution in [0.4, 0.5) is 0 Å². The van der Waals surface area contributed by atoms with Crippen LogP contribution in [-0.4, -0.2) is 0 Å². The molecule has 0 saturated carbocycles. The minimum atomic E-state index is 0.952. The van der Waals surface area contributed by atoms with E-state index in [9.17, 15) is 0 Å². The SMILES string of the molecule is C(=C(c1ccccc1)c1ccccc1)=c1c(=C=C(c2ccccc2)c2ccccc2)c2c(=C(c3ccccc3)c3ccccc3)c3c(=C=C(c4ccccc4)c4ccccc4)c(=C=C(c4ccccc4)c4ccccc4)c3c(=C(c3ccccc3)c3ccccc3)c12. The number of benzene rings is 13. The third-order valence-corrected chi connectivity index (χ3v) is 17.2. The predicted molar refractivity (Wildman–Crippen MR) is 386 cm³/mol. The molecule has 0 nitrogen and oxygen atoms in total. The van der Waals surface area contributed by atoms with E-state index >= 15 is 0 Å². The average molecular weight is 1170 g/mol. The summed E-state index contributed by atoms with van der Waals surface area (Å²) >= 11 is 0. The molecule has 0 unspecified atom stereocenters. The second kappa shape index (κ2) is 25.8. The second-order valence-corrected chi connectivity index (χ2v) is 22.9. The quantitative estimate of drug-likeness (QED) is 0.114. The van der Waals surface area contributed by atoms with Crippen LogP contribution < -0.4 is 31.3 Å². The molecule has 0 aliphatic carbocycles. The third-order valence-electron chi connectivity index (χ3n) is 17.2. The fourth-order valence-electron chi connectivity index (χ4n) is 13.0. The van der Waals surface area contributed by atoms with Gasteiger partial charge in [-0.1, -0.05) is 364 Å². The fourth-order valence-corrected chi connectivity index (χ4v) is 13.0. The van der Waals surface area contributed by atoms with Gasteiger partial charge in [0.15, 0.2) is 0 Å². The van der Waals surface area contributed by atoms with Crippen molar-refractivity contribution < 1.29 is 0 Å². The first-order valence-electron chi connectivity index (χ1n) is 31.4. The summed E-state index contributed by atoms with van der Waals surface area (Å²) in [5.74, 6) is 0. The summed E-state index contributed by atoms with van der Waals surface area (Å²) in [7, 11) is 0. The molecule has 0 atom stereocenters. The highest BCUT2D eigenvalue weighted by atomic mass is 14.3. The molecule has 0 amide bonds. The van der Waals surface area contributed by atoms with Gasteiger partial charge >= 0.3 is 0 Å². The Labute approximate surface area is 536 Å². The molecule has 0 saturated heterocycles. The van der Waals surface area contributed by atoms with E-state index in [1.807, 2.05) is 0 Å². The van der Waals surface area contributed by atoms with Gasteiger partial charge in [0.25, 0.3) is 0 Å². The largest absolute Gasteiger partial charge is 0.102 e. The van der Waals surface area contributed by atoms with Crippen LogP contribution in [0, 0.1) is 0 Å². The van der Waals surface area contributed by atoms with Crippen LogP contribution in [0.3, 0.4) is 0 Å². The maximum absolute atomic E-state index is 4.35. The molecule has 0 spiro atoms. The van der Waals surface area contributed by atoms with Crippen molar-refractivity contribution in [2.75, 3.05) is 0 Å². The molecule has 92 heavy (non-hydrogen) atoms. The van der Waals surface area contributed by atoms with Crippen molar-refractivity contribution in [3.05, 3.63) is 462 Å². The lowest BCUT2D eigenvalue weighted by atomic mass is 9.79. The Hall–Kier alpha value is -12.3. The van der Waals surface area contributed by atoms with Crippen molar-refractivity contribution in [1.82, 2.24) is 0 Å². The van der Waals surface area contributed by atoms with E-state index in [0.29, 0.717) is 0 Å². The first-order chi connectivity index (χ1) is 45.7. The maximum Gasteiger partial charge on any atom is 0.0413 e. The summed E-state index contributed by atoms with van der Waals surface area (Å²) < 4.78 is 0. The zero-order valence-corrected chi connectivity index (χ0v) is 50.6. The lowest BCUT2D eigenvalue weighted by Crippen LogP contribution is -2.49. The van der Waals surface area contributed by atoms with Crippen LogP contribution in [0.5, 0.6) is 0 Å². The molecular formula is C92H60. The molecule has 0 heteroatoms. The standard InChI is InChI=1S/C92H60/c1-13-37-65(38-14-1)77(66-39-15-2-16-40-66)61-81-82(62-78(67-41-17-3-18-42-67)68-43-19-4-20-44-68)88-87(81)91(85(73-53-29-9-30-54-73)74-55-31-10-32-56-74)89-83(63-79(69-45-21-5-22-46-69)70-47-23-6-24-48-70)84(64-80(71-49-25-7-26-50-71)72-51-27-8-28-52-72)90(89)92(88)86(75-57-33-11-34-58-75)76-59-35-12-36-60-76/h1-60H. The highest BCUT2D eigenvalue weighted by molar-refractivity contribution is 6.14. The van der Waals surface area contributed by atoms with E-state index in [1.165, 1.54) is 0 Å². The molecule has 15 rings (SSSR count). The molecule has 15 aromatic carbocycles. The molecule has 15 aromatic rings. The topological polar surface area (TPSA) is 0 Å². The van der Waals surface area contributed by atoms with Crippen LogP contribution in [0.2, 0.25) is 0 Å². The number of rotatable bonds is 12. The van der Waals surface area contributed by atoms with Gasteiger partial charge in [0.1, 0.15) is 0 Å². The minimum Gasteiger partial charge on any atom is -0.102 e. The van der Waals surface area contributed by atoms with Crippen molar-refractivity contribution in [3.8, 4) is 0 Å². The van der Waals surface area contributed by atoms with E-state index in [2.05, 4.69) is 387 Å². The zero-order valence-electron chi connectivity index (χ0n) is 50.6. The second-order valence-electron chi connectivity index (χ2n) is 22.9. The first kappa shape index (κ1) is 56.2. The Morgan fingerprint density at radius 2 is 0.261 bits per heavy atom. The summed E-state index contributed by atoms with van der Waals surface area (Å²) in [6, 6.07) is 130. The fraction of sp³-hybridized carbons (Fsp3) is 0. The molecule has 0 aromatic heterocycles. The summed E-state index contributed by atoms with van der Waals surface area (Å²) in [5.41, 5.74) is 36.2. The number of fused-ring (bicyclic) bond motifs is 2. The molecule has 0 fully saturated rings. The molecule has 0 bridgehead atoms. The Morgan fingerprint density at radius 1 is 0.141 bits per heavy atom. The Balaban J connectivity index is 1.41. The van der Waals surface area contributed by atoms with E-state index in [0.717, 1.165) is 153 Å². The van der Waals surface area contributed by atoms with Gasteiger partial charge in [-0.05, 0) is 77.9 Å². The van der Waals surface area contributed by atoms with Crippen molar-refractivity contribution in [2.24, 2.45) is 0 Å². The average Bonchev–Trinajstić information content (AvgIpc) is 0.669. The van der Waals surface area contributed by atoms with Gasteiger partial charge in [0.2, 0.25) is 0 Å². The Morgan fingerprint density at radius 3 is 0.391 bits per heavy atom. The van der Waals surface area contributed by atoms with Crippen molar-refractivity contribution in [1.29, 1.82) is 0 Å². The van der Waals surface area contributed by atoms with E-state index < -0.39 is 0 Å². The van der Waals surface area contributed by atoms with Crippen molar-refractivity contribution in [3.63, 3.8) is 0 Å². The van der Waals surface area contributed by atoms with Crippen LogP contribution in [-0.2, 0) is 0 Å². The molecule has 428 valence electrons. The van der Waals surface area contributed by atoms with Gasteiger partial charge in [0.05, 0.1) is 0 Å². The maximum atomic E-state index is 4.35. The zero-order chi connectivity index (χ0) is 61.4. The highest BCUT2D eigenvalue weighted by Gasteiger charge is 2.26. The predicted octanol–water partition coefficient (Wildman–Crippen LogP) is 17.4. The van der Waals surface area contributed by atoms with Crippen LogP contribution in [0.15, 0.2) is 364 Å². The van der Waals surface area contributed by atoms with Gasteiger partial charge in [-0.3, -0.25) is 0 Å². The molecule has 0 radical (unpaired) electrons. The summed E-state index contributed by atoms with van der Waals surface area (Å²) in [4.78, 5) is 0.